The molecule has 1 rings (SSSR count). The highest BCUT2D eigenvalue weighted by Gasteiger charge is 2.11. The predicted octanol–water partition coefficient (Wildman–Crippen LogP) is 1.73. The van der Waals surface area contributed by atoms with Crippen LogP contribution in [0.1, 0.15) is 13.3 Å². The zero-order valence-corrected chi connectivity index (χ0v) is 12.6. The number of hydrogen-bond acceptors (Lipinski definition) is 5. The lowest BCUT2D eigenvalue weighted by Gasteiger charge is -2.09. The Morgan fingerprint density at radius 1 is 1.23 bits per heavy atom. The predicted molar refractivity (Wildman–Crippen MR) is 84.1 cm³/mol. The number of benzene rings is 1. The van der Waals surface area contributed by atoms with Crippen molar-refractivity contribution in [2.24, 2.45) is 0 Å². The third-order valence-corrected chi connectivity index (χ3v) is 2.78. The molecule has 0 aliphatic heterocycles. The van der Waals surface area contributed by atoms with Gasteiger partial charge in [-0.05, 0) is 19.4 Å². The molecule has 0 heterocycles. The van der Waals surface area contributed by atoms with Crippen molar-refractivity contribution < 1.29 is 14.5 Å². The van der Waals surface area contributed by atoms with Crippen LogP contribution in [0.15, 0.2) is 24.3 Å². The Labute approximate surface area is 129 Å². The van der Waals surface area contributed by atoms with Gasteiger partial charge in [0.2, 0.25) is 0 Å². The van der Waals surface area contributed by atoms with Crippen LogP contribution in [0, 0.1) is 10.1 Å². The minimum Gasteiger partial charge on any atom is -0.382 e. The molecule has 0 bridgehead atoms. The quantitative estimate of drug-likeness (QED) is 0.347. The average molecular weight is 310 g/mol. The molecule has 122 valence electrons. The lowest BCUT2D eigenvalue weighted by molar-refractivity contribution is -0.384. The second-order valence-electron chi connectivity index (χ2n) is 4.43. The van der Waals surface area contributed by atoms with Crippen LogP contribution in [0.5, 0.6) is 0 Å². The van der Waals surface area contributed by atoms with E-state index in [1.54, 1.807) is 18.2 Å². The first-order valence-electron chi connectivity index (χ1n) is 7.22. The van der Waals surface area contributed by atoms with Gasteiger partial charge in [-0.1, -0.05) is 12.1 Å². The van der Waals surface area contributed by atoms with E-state index in [1.807, 2.05) is 6.92 Å². The van der Waals surface area contributed by atoms with E-state index in [-0.39, 0.29) is 11.7 Å². The topological polar surface area (TPSA) is 106 Å². The zero-order chi connectivity index (χ0) is 16.2. The van der Waals surface area contributed by atoms with Crippen LogP contribution in [0.25, 0.3) is 0 Å². The number of anilines is 1. The van der Waals surface area contributed by atoms with Crippen LogP contribution in [-0.2, 0) is 4.74 Å². The highest BCUT2D eigenvalue weighted by atomic mass is 16.6. The second-order valence-corrected chi connectivity index (χ2v) is 4.43. The van der Waals surface area contributed by atoms with Crippen LogP contribution >= 0.6 is 0 Å². The molecular formula is C14H22N4O4. The molecule has 0 saturated carbocycles. The summed E-state index contributed by atoms with van der Waals surface area (Å²) >= 11 is 0. The van der Waals surface area contributed by atoms with Crippen molar-refractivity contribution >= 4 is 17.4 Å². The molecule has 0 spiro atoms. The third-order valence-electron chi connectivity index (χ3n) is 2.78. The maximum absolute atomic E-state index is 11.5. The van der Waals surface area contributed by atoms with Gasteiger partial charge in [-0.3, -0.25) is 10.1 Å². The Balaban J connectivity index is 2.17. The van der Waals surface area contributed by atoms with Gasteiger partial charge >= 0.3 is 6.03 Å². The summed E-state index contributed by atoms with van der Waals surface area (Å²) in [5, 5.41) is 19.1. The van der Waals surface area contributed by atoms with Gasteiger partial charge in [-0.15, -0.1) is 0 Å². The molecule has 0 radical (unpaired) electrons. The van der Waals surface area contributed by atoms with E-state index in [0.717, 1.165) is 6.42 Å². The molecule has 0 unspecified atom stereocenters. The summed E-state index contributed by atoms with van der Waals surface area (Å²) in [5.74, 6) is 0. The lowest BCUT2D eigenvalue weighted by Crippen LogP contribution is -2.38. The van der Waals surface area contributed by atoms with Gasteiger partial charge in [0.15, 0.2) is 0 Å². The van der Waals surface area contributed by atoms with E-state index in [0.29, 0.717) is 38.5 Å². The first-order chi connectivity index (χ1) is 10.6. The average Bonchev–Trinajstić information content (AvgIpc) is 2.51. The van der Waals surface area contributed by atoms with Gasteiger partial charge in [0.05, 0.1) is 4.92 Å². The second kappa shape index (κ2) is 10.4. The van der Waals surface area contributed by atoms with Crippen LogP contribution in [0.4, 0.5) is 16.2 Å². The molecular weight excluding hydrogens is 288 g/mol. The lowest BCUT2D eigenvalue weighted by atomic mass is 10.2. The van der Waals surface area contributed by atoms with E-state index in [4.69, 9.17) is 4.74 Å². The summed E-state index contributed by atoms with van der Waals surface area (Å²) in [6, 6.07) is 6.12. The molecule has 0 fully saturated rings. The van der Waals surface area contributed by atoms with Crippen LogP contribution in [-0.4, -0.2) is 43.8 Å². The Morgan fingerprint density at radius 3 is 2.68 bits per heavy atom. The van der Waals surface area contributed by atoms with Gasteiger partial charge in [-0.25, -0.2) is 4.79 Å². The van der Waals surface area contributed by atoms with E-state index >= 15 is 0 Å². The summed E-state index contributed by atoms with van der Waals surface area (Å²) in [6.07, 6.45) is 0.760. The number of carbonyl (C=O) groups excluding carboxylic acids is 1. The van der Waals surface area contributed by atoms with Crippen LogP contribution < -0.4 is 16.0 Å². The molecule has 0 aliphatic rings. The van der Waals surface area contributed by atoms with Crippen molar-refractivity contribution in [3.8, 4) is 0 Å². The number of carbonyl (C=O) groups is 1. The zero-order valence-electron chi connectivity index (χ0n) is 12.6. The molecule has 22 heavy (non-hydrogen) atoms. The van der Waals surface area contributed by atoms with Crippen molar-refractivity contribution in [3.05, 3.63) is 34.4 Å². The highest BCUT2D eigenvalue weighted by Crippen LogP contribution is 2.22. The molecule has 1 aromatic carbocycles. The number of ether oxygens (including phenoxy) is 1. The number of hydrogen-bond donors (Lipinski definition) is 3. The molecule has 2 amide bonds. The number of urea groups is 1. The molecule has 0 atom stereocenters. The molecule has 0 aromatic heterocycles. The van der Waals surface area contributed by atoms with Gasteiger partial charge in [0, 0.05) is 38.9 Å². The van der Waals surface area contributed by atoms with Gasteiger partial charge in [-0.2, -0.15) is 0 Å². The molecule has 1 aromatic rings. The van der Waals surface area contributed by atoms with Crippen molar-refractivity contribution in [2.45, 2.75) is 13.3 Å². The fourth-order valence-electron chi connectivity index (χ4n) is 1.74. The largest absolute Gasteiger partial charge is 0.382 e. The minimum absolute atomic E-state index is 0.0166. The summed E-state index contributed by atoms with van der Waals surface area (Å²) < 4.78 is 5.16. The summed E-state index contributed by atoms with van der Waals surface area (Å²) in [6.45, 7) is 4.52. The minimum atomic E-state index is -0.444. The van der Waals surface area contributed by atoms with Gasteiger partial charge in [0.25, 0.3) is 5.69 Å². The highest BCUT2D eigenvalue weighted by molar-refractivity contribution is 5.73. The van der Waals surface area contributed by atoms with Crippen molar-refractivity contribution in [1.82, 2.24) is 10.6 Å². The van der Waals surface area contributed by atoms with E-state index in [2.05, 4.69) is 16.0 Å². The van der Waals surface area contributed by atoms with Gasteiger partial charge < -0.3 is 20.7 Å². The molecule has 0 saturated heterocycles. The fraction of sp³-hybridized carbons (Fsp3) is 0.500. The Kier molecular flexibility index (Phi) is 8.36. The number of amides is 2. The third kappa shape index (κ3) is 6.89. The fourth-order valence-corrected chi connectivity index (χ4v) is 1.74. The maximum atomic E-state index is 11.5. The number of rotatable bonds is 10. The number of nitrogens with zero attached hydrogens (tertiary/aromatic N) is 1. The van der Waals surface area contributed by atoms with Crippen molar-refractivity contribution in [1.29, 1.82) is 0 Å². The van der Waals surface area contributed by atoms with Crippen molar-refractivity contribution in [2.75, 3.05) is 38.2 Å². The Bertz CT molecular complexity index is 482. The molecule has 3 N–H and O–H groups in total. The first-order valence-corrected chi connectivity index (χ1v) is 7.22. The van der Waals surface area contributed by atoms with Crippen LogP contribution in [0.3, 0.4) is 0 Å². The molecule has 8 nitrogen and oxygen atoms in total. The summed E-state index contributed by atoms with van der Waals surface area (Å²) in [5.41, 5.74) is 0.453. The standard InChI is InChI=1S/C14H22N4O4/c1-2-22-11-5-8-16-14(19)17-10-9-15-12-6-3-4-7-13(12)18(20)21/h3-4,6-7,15H,2,5,8-11H2,1H3,(H2,16,17,19). The smallest absolute Gasteiger partial charge is 0.314 e. The van der Waals surface area contributed by atoms with E-state index in [9.17, 15) is 14.9 Å². The Morgan fingerprint density at radius 2 is 1.95 bits per heavy atom. The van der Waals surface area contributed by atoms with E-state index in [1.165, 1.54) is 6.07 Å². The van der Waals surface area contributed by atoms with Crippen molar-refractivity contribution in [3.63, 3.8) is 0 Å². The normalized spacial score (nSPS) is 10.0. The number of nitrogens with one attached hydrogen (secondary N) is 3. The number of para-hydroxylation sites is 2. The summed E-state index contributed by atoms with van der Waals surface area (Å²) in [7, 11) is 0. The number of nitro benzene ring substituents is 1. The first kappa shape index (κ1) is 17.7. The Hall–Kier alpha value is -2.35. The SMILES string of the molecule is CCOCCCNC(=O)NCCNc1ccccc1[N+](=O)[O-]. The monoisotopic (exact) mass is 310 g/mol. The molecule has 8 heteroatoms. The maximum Gasteiger partial charge on any atom is 0.314 e. The van der Waals surface area contributed by atoms with E-state index < -0.39 is 4.92 Å². The van der Waals surface area contributed by atoms with Gasteiger partial charge in [0.1, 0.15) is 5.69 Å². The number of nitro groups is 1. The molecule has 0 aliphatic carbocycles. The summed E-state index contributed by atoms with van der Waals surface area (Å²) in [4.78, 5) is 21.9. The van der Waals surface area contributed by atoms with Crippen LogP contribution in [0.2, 0.25) is 0 Å².